The van der Waals surface area contributed by atoms with E-state index in [2.05, 4.69) is 25.8 Å². The van der Waals surface area contributed by atoms with E-state index in [1.165, 1.54) is 0 Å². The zero-order valence-corrected chi connectivity index (χ0v) is 13.9. The highest BCUT2D eigenvalue weighted by Crippen LogP contribution is 2.30. The molecule has 0 atom stereocenters. The highest BCUT2D eigenvalue weighted by molar-refractivity contribution is 9.10. The fourth-order valence-corrected chi connectivity index (χ4v) is 3.76. The Morgan fingerprint density at radius 2 is 2.15 bits per heavy atom. The zero-order valence-electron chi connectivity index (χ0n) is 10.8. The first-order chi connectivity index (χ1) is 9.35. The molecule has 108 valence electrons. The van der Waals surface area contributed by atoms with Crippen LogP contribution in [0.4, 0.5) is 5.88 Å². The molecule has 20 heavy (non-hydrogen) atoms. The molecule has 0 saturated carbocycles. The minimum atomic E-state index is -3.80. The van der Waals surface area contributed by atoms with E-state index in [1.54, 1.807) is 19.1 Å². The average Bonchev–Trinajstić information content (AvgIpc) is 2.70. The maximum absolute atomic E-state index is 12.4. The van der Waals surface area contributed by atoms with Gasteiger partial charge in [-0.15, -0.1) is 0 Å². The first kappa shape index (κ1) is 15.3. The molecule has 1 N–H and O–H groups in total. The van der Waals surface area contributed by atoms with Crippen LogP contribution in [0.1, 0.15) is 18.2 Å². The van der Waals surface area contributed by atoms with Crippen LogP contribution in [0.25, 0.3) is 0 Å². The Morgan fingerprint density at radius 3 is 2.70 bits per heavy atom. The van der Waals surface area contributed by atoms with Gasteiger partial charge in [-0.2, -0.15) is 0 Å². The summed E-state index contributed by atoms with van der Waals surface area (Å²) in [5.74, 6) is -0.0852. The van der Waals surface area contributed by atoms with Crippen molar-refractivity contribution >= 4 is 43.4 Å². The van der Waals surface area contributed by atoms with E-state index in [-0.39, 0.29) is 15.8 Å². The number of benzene rings is 1. The lowest BCUT2D eigenvalue weighted by molar-refractivity contribution is 0.430. The van der Waals surface area contributed by atoms with Gasteiger partial charge in [0.1, 0.15) is 15.6 Å². The Kier molecular flexibility index (Phi) is 4.41. The molecule has 1 aromatic carbocycles. The van der Waals surface area contributed by atoms with Crippen LogP contribution < -0.4 is 4.72 Å². The SMILES string of the molecule is CCc1ccc(Br)c(S(=O)(=O)Nc2onc(C)c2Cl)c1. The van der Waals surface area contributed by atoms with E-state index < -0.39 is 10.0 Å². The van der Waals surface area contributed by atoms with Crippen molar-refractivity contribution in [1.82, 2.24) is 5.16 Å². The summed E-state index contributed by atoms with van der Waals surface area (Å²) in [4.78, 5) is 0.127. The summed E-state index contributed by atoms with van der Waals surface area (Å²) in [5.41, 5.74) is 1.33. The Morgan fingerprint density at radius 1 is 1.45 bits per heavy atom. The number of nitrogens with one attached hydrogen (secondary N) is 1. The van der Waals surface area contributed by atoms with Gasteiger partial charge in [-0.3, -0.25) is 0 Å². The summed E-state index contributed by atoms with van der Waals surface area (Å²) in [6.45, 7) is 3.57. The third kappa shape index (κ3) is 2.99. The van der Waals surface area contributed by atoms with E-state index in [9.17, 15) is 8.42 Å². The fourth-order valence-electron chi connectivity index (χ4n) is 1.57. The second kappa shape index (κ2) is 5.75. The predicted molar refractivity (Wildman–Crippen MR) is 80.6 cm³/mol. The van der Waals surface area contributed by atoms with Crippen molar-refractivity contribution in [2.45, 2.75) is 25.2 Å². The first-order valence-corrected chi connectivity index (χ1v) is 8.43. The molecule has 0 amide bonds. The van der Waals surface area contributed by atoms with Crippen LogP contribution in [0.5, 0.6) is 0 Å². The van der Waals surface area contributed by atoms with Crippen molar-refractivity contribution in [2.24, 2.45) is 0 Å². The van der Waals surface area contributed by atoms with E-state index in [1.807, 2.05) is 13.0 Å². The fraction of sp³-hybridized carbons (Fsp3) is 0.250. The zero-order chi connectivity index (χ0) is 14.9. The summed E-state index contributed by atoms with van der Waals surface area (Å²) in [7, 11) is -3.80. The molecule has 0 bridgehead atoms. The molecular weight excluding hydrogens is 368 g/mol. The molecule has 0 spiro atoms. The Hall–Kier alpha value is -1.05. The topological polar surface area (TPSA) is 72.2 Å². The summed E-state index contributed by atoms with van der Waals surface area (Å²) < 4.78 is 32.4. The van der Waals surface area contributed by atoms with Crippen LogP contribution in [-0.2, 0) is 16.4 Å². The second-order valence-electron chi connectivity index (χ2n) is 4.13. The van der Waals surface area contributed by atoms with Crippen LogP contribution in [0.2, 0.25) is 5.02 Å². The summed E-state index contributed by atoms with van der Waals surface area (Å²) in [6.07, 6.45) is 0.734. The maximum atomic E-state index is 12.4. The molecule has 0 saturated heterocycles. The number of hydrogen-bond acceptors (Lipinski definition) is 4. The lowest BCUT2D eigenvalue weighted by atomic mass is 10.2. The van der Waals surface area contributed by atoms with Crippen molar-refractivity contribution in [3.8, 4) is 0 Å². The van der Waals surface area contributed by atoms with Crippen molar-refractivity contribution in [1.29, 1.82) is 0 Å². The van der Waals surface area contributed by atoms with Gasteiger partial charge in [-0.1, -0.05) is 29.7 Å². The molecule has 0 unspecified atom stereocenters. The van der Waals surface area contributed by atoms with Gasteiger partial charge < -0.3 is 4.52 Å². The number of sulfonamides is 1. The van der Waals surface area contributed by atoms with Gasteiger partial charge in [0.05, 0.1) is 0 Å². The molecule has 0 radical (unpaired) electrons. The molecule has 0 aliphatic rings. The van der Waals surface area contributed by atoms with Gasteiger partial charge in [0.2, 0.25) is 0 Å². The molecule has 1 aromatic heterocycles. The monoisotopic (exact) mass is 378 g/mol. The third-order valence-corrected chi connectivity index (χ3v) is 5.48. The second-order valence-corrected chi connectivity index (χ2v) is 7.02. The van der Waals surface area contributed by atoms with Crippen LogP contribution in [0, 0.1) is 6.92 Å². The summed E-state index contributed by atoms with van der Waals surface area (Å²) in [5, 5.41) is 3.75. The Labute approximate surface area is 130 Å². The molecule has 0 aliphatic heterocycles. The third-order valence-electron chi connectivity index (χ3n) is 2.71. The van der Waals surface area contributed by atoms with E-state index >= 15 is 0 Å². The number of rotatable bonds is 4. The van der Waals surface area contributed by atoms with Crippen LogP contribution in [0.15, 0.2) is 32.1 Å². The number of halogens is 2. The molecular formula is C12H12BrClN2O3S. The molecule has 2 aromatic rings. The number of aromatic nitrogens is 1. The van der Waals surface area contributed by atoms with Crippen LogP contribution >= 0.6 is 27.5 Å². The molecule has 2 rings (SSSR count). The van der Waals surface area contributed by atoms with E-state index in [0.29, 0.717) is 10.2 Å². The Balaban J connectivity index is 2.43. The lowest BCUT2D eigenvalue weighted by Gasteiger charge is -2.09. The number of hydrogen-bond donors (Lipinski definition) is 1. The molecule has 8 heteroatoms. The maximum Gasteiger partial charge on any atom is 0.265 e. The summed E-state index contributed by atoms with van der Waals surface area (Å²) in [6, 6.07) is 5.15. The molecule has 5 nitrogen and oxygen atoms in total. The number of aryl methyl sites for hydroxylation is 2. The molecule has 1 heterocycles. The minimum absolute atomic E-state index is 0.0852. The first-order valence-electron chi connectivity index (χ1n) is 5.78. The van der Waals surface area contributed by atoms with Gasteiger partial charge in [0.15, 0.2) is 0 Å². The quantitative estimate of drug-likeness (QED) is 0.878. The predicted octanol–water partition coefficient (Wildman–Crippen LogP) is 3.76. The summed E-state index contributed by atoms with van der Waals surface area (Å²) >= 11 is 9.14. The largest absolute Gasteiger partial charge is 0.336 e. The standard InChI is InChI=1S/C12H12BrClN2O3S/c1-3-8-4-5-9(13)10(6-8)20(17,18)16-12-11(14)7(2)15-19-12/h4-6,16H,3H2,1-2H3. The van der Waals surface area contributed by atoms with Crippen molar-refractivity contribution < 1.29 is 12.9 Å². The molecule has 0 fully saturated rings. The van der Waals surface area contributed by atoms with Crippen molar-refractivity contribution in [2.75, 3.05) is 4.72 Å². The van der Waals surface area contributed by atoms with Gasteiger partial charge >= 0.3 is 0 Å². The Bertz CT molecular complexity index is 743. The van der Waals surface area contributed by atoms with Crippen molar-refractivity contribution in [3.05, 3.63) is 39.0 Å². The van der Waals surface area contributed by atoms with E-state index in [0.717, 1.165) is 12.0 Å². The minimum Gasteiger partial charge on any atom is -0.336 e. The number of anilines is 1. The smallest absolute Gasteiger partial charge is 0.265 e. The highest BCUT2D eigenvalue weighted by atomic mass is 79.9. The average molecular weight is 380 g/mol. The molecule has 0 aliphatic carbocycles. The van der Waals surface area contributed by atoms with Gasteiger partial charge in [-0.25, -0.2) is 13.1 Å². The van der Waals surface area contributed by atoms with E-state index in [4.69, 9.17) is 16.1 Å². The normalized spacial score (nSPS) is 11.6. The van der Waals surface area contributed by atoms with Crippen LogP contribution in [-0.4, -0.2) is 13.6 Å². The van der Waals surface area contributed by atoms with Crippen LogP contribution in [0.3, 0.4) is 0 Å². The van der Waals surface area contributed by atoms with Gasteiger partial charge in [-0.05, 0) is 47.0 Å². The lowest BCUT2D eigenvalue weighted by Crippen LogP contribution is -2.13. The van der Waals surface area contributed by atoms with Gasteiger partial charge in [0, 0.05) is 4.47 Å². The van der Waals surface area contributed by atoms with Crippen molar-refractivity contribution in [3.63, 3.8) is 0 Å². The highest BCUT2D eigenvalue weighted by Gasteiger charge is 2.22. The van der Waals surface area contributed by atoms with Gasteiger partial charge in [0.25, 0.3) is 15.9 Å². The number of nitrogens with zero attached hydrogens (tertiary/aromatic N) is 1.